The average molecular weight is 779 g/mol. The van der Waals surface area contributed by atoms with Crippen LogP contribution in [0.1, 0.15) is 71.9 Å². The van der Waals surface area contributed by atoms with Crippen LogP contribution in [0.2, 0.25) is 0 Å². The Hall–Kier alpha value is -5.11. The van der Waals surface area contributed by atoms with Crippen molar-refractivity contribution in [3.63, 3.8) is 0 Å². The highest BCUT2D eigenvalue weighted by Gasteiger charge is 2.56. The van der Waals surface area contributed by atoms with E-state index >= 15 is 0 Å². The van der Waals surface area contributed by atoms with E-state index in [-0.39, 0.29) is 70.5 Å². The first-order valence-corrected chi connectivity index (χ1v) is 17.9. The van der Waals surface area contributed by atoms with Crippen LogP contribution in [0.15, 0.2) is 66.2 Å². The molecule has 1 N–H and O–H groups in total. The number of likely N-dealkylation sites (tertiary alicyclic amines) is 2. The normalized spacial score (nSPS) is 20.4. The van der Waals surface area contributed by atoms with E-state index in [0.29, 0.717) is 28.7 Å². The number of ether oxygens (including phenoxy) is 2. The Balaban J connectivity index is 1.51. The first-order chi connectivity index (χ1) is 25.6. The highest BCUT2D eigenvalue weighted by atomic mass is 32.1. The van der Waals surface area contributed by atoms with Crippen LogP contribution in [-0.2, 0) is 27.4 Å². The lowest BCUT2D eigenvalue weighted by Gasteiger charge is -2.50. The fourth-order valence-electron chi connectivity index (χ4n) is 6.97. The highest BCUT2D eigenvalue weighted by Crippen LogP contribution is 2.44. The highest BCUT2D eigenvalue weighted by molar-refractivity contribution is 7.10. The fourth-order valence-corrected chi connectivity index (χ4v) is 7.65. The summed E-state index contributed by atoms with van der Waals surface area (Å²) in [5, 5.41) is 20.6. The summed E-state index contributed by atoms with van der Waals surface area (Å²) >= 11 is 0.339. The third-order valence-electron chi connectivity index (χ3n) is 9.54. The molecule has 54 heavy (non-hydrogen) atoms. The maximum atomic E-state index is 14.9. The lowest BCUT2D eigenvalue weighted by molar-refractivity contribution is -0.157. The molecule has 0 aliphatic carbocycles. The Morgan fingerprint density at radius 2 is 1.78 bits per heavy atom. The molecule has 2 aromatic heterocycles. The summed E-state index contributed by atoms with van der Waals surface area (Å²) in [6.45, 7) is 1.47. The minimum absolute atomic E-state index is 0.0305. The van der Waals surface area contributed by atoms with E-state index in [4.69, 9.17) is 14.6 Å². The largest absolute Gasteiger partial charge is 0.493 e. The van der Waals surface area contributed by atoms with E-state index in [9.17, 15) is 46.0 Å². The predicted octanol–water partition coefficient (Wildman–Crippen LogP) is 7.51. The van der Waals surface area contributed by atoms with Crippen molar-refractivity contribution in [1.29, 1.82) is 5.26 Å². The van der Waals surface area contributed by atoms with Crippen LogP contribution in [-0.4, -0.2) is 75.6 Å². The second-order valence-corrected chi connectivity index (χ2v) is 13.8. The molecular weight excluding hydrogens is 742 g/mol. The first kappa shape index (κ1) is 40.1. The molecule has 0 unspecified atom stereocenters. The number of nitriles is 1. The lowest BCUT2D eigenvalue weighted by atomic mass is 9.73. The number of carbonyl (C=O) groups is 3. The number of nitrogens with zero attached hydrogens (tertiary/aromatic N) is 4. The van der Waals surface area contributed by atoms with Gasteiger partial charge >= 0.3 is 18.3 Å². The Bertz CT molecular complexity index is 1920. The Morgan fingerprint density at radius 3 is 2.41 bits per heavy atom. The summed E-state index contributed by atoms with van der Waals surface area (Å²) < 4.78 is 95.2. The Kier molecular flexibility index (Phi) is 11.9. The summed E-state index contributed by atoms with van der Waals surface area (Å²) in [4.78, 5) is 45.0. The van der Waals surface area contributed by atoms with E-state index in [1.165, 1.54) is 17.1 Å². The number of aromatic nitrogens is 1. The topological polar surface area (TPSA) is 133 Å². The Morgan fingerprint density at radius 1 is 1.06 bits per heavy atom. The maximum Gasteiger partial charge on any atom is 0.425 e. The van der Waals surface area contributed by atoms with Gasteiger partial charge in [-0.1, -0.05) is 30.4 Å². The quantitative estimate of drug-likeness (QED) is 0.120. The average Bonchev–Trinajstić information content (AvgIpc) is 3.63. The second kappa shape index (κ2) is 16.1. The number of hydrogen-bond acceptors (Lipinski definition) is 8. The van der Waals surface area contributed by atoms with Gasteiger partial charge in [-0.15, -0.1) is 11.3 Å². The third kappa shape index (κ3) is 8.33. The summed E-state index contributed by atoms with van der Waals surface area (Å²) in [5.74, 6) is -2.77. The number of allylic oxidation sites excluding steroid dienone is 1. The number of pyridine rings is 1. The zero-order chi connectivity index (χ0) is 39.3. The molecule has 0 bridgehead atoms. The number of amides is 2. The summed E-state index contributed by atoms with van der Waals surface area (Å²) in [5.41, 5.74) is -4.89. The second-order valence-electron chi connectivity index (χ2n) is 12.9. The van der Waals surface area contributed by atoms with E-state index in [1.807, 2.05) is 0 Å². The van der Waals surface area contributed by atoms with Gasteiger partial charge in [-0.3, -0.25) is 19.4 Å². The molecule has 0 radical (unpaired) electrons. The van der Waals surface area contributed by atoms with E-state index < -0.39 is 63.3 Å². The van der Waals surface area contributed by atoms with Crippen molar-refractivity contribution in [1.82, 2.24) is 14.8 Å². The third-order valence-corrected chi connectivity index (χ3v) is 10.5. The molecule has 288 valence electrons. The van der Waals surface area contributed by atoms with Crippen molar-refractivity contribution in [3.05, 3.63) is 87.9 Å². The zero-order valence-corrected chi connectivity index (χ0v) is 29.8. The van der Waals surface area contributed by atoms with E-state index in [0.717, 1.165) is 28.6 Å². The first-order valence-electron chi connectivity index (χ1n) is 17.0. The minimum atomic E-state index is -4.94. The summed E-state index contributed by atoms with van der Waals surface area (Å²) in [7, 11) is 0. The molecule has 5 rings (SSSR count). The number of carboxylic acids is 1. The van der Waals surface area contributed by atoms with Gasteiger partial charge in [-0.2, -0.15) is 31.6 Å². The van der Waals surface area contributed by atoms with Crippen LogP contribution in [0, 0.1) is 11.3 Å². The zero-order valence-electron chi connectivity index (χ0n) is 29.0. The van der Waals surface area contributed by atoms with Crippen LogP contribution in [0.5, 0.6) is 11.5 Å². The number of benzene rings is 1. The molecule has 3 aromatic rings. The van der Waals surface area contributed by atoms with Gasteiger partial charge in [0.15, 0.2) is 0 Å². The molecule has 17 heteroatoms. The smallest absolute Gasteiger partial charge is 0.425 e. The molecule has 10 nitrogen and oxygen atoms in total. The van der Waals surface area contributed by atoms with E-state index in [1.54, 1.807) is 31.2 Å². The van der Waals surface area contributed by atoms with Gasteiger partial charge in [0.1, 0.15) is 22.1 Å². The molecule has 1 aromatic carbocycles. The van der Waals surface area contributed by atoms with Gasteiger partial charge in [0.2, 0.25) is 5.60 Å². The number of rotatable bonds is 11. The minimum Gasteiger partial charge on any atom is -0.493 e. The van der Waals surface area contributed by atoms with Crippen LogP contribution < -0.4 is 9.47 Å². The van der Waals surface area contributed by atoms with Crippen molar-refractivity contribution in [3.8, 4) is 17.6 Å². The molecule has 0 saturated carbocycles. The van der Waals surface area contributed by atoms with Crippen molar-refractivity contribution >= 4 is 29.1 Å². The van der Waals surface area contributed by atoms with Crippen molar-refractivity contribution < 1.29 is 55.3 Å². The number of aliphatic carboxylic acids is 1. The van der Waals surface area contributed by atoms with Crippen molar-refractivity contribution in [2.75, 3.05) is 26.2 Å². The molecule has 2 atom stereocenters. The number of hydrogen-bond donors (Lipinski definition) is 1. The number of piperidine rings is 2. The number of para-hydroxylation sites is 1. The molecule has 2 aliphatic rings. The van der Waals surface area contributed by atoms with Crippen LogP contribution >= 0.6 is 11.3 Å². The van der Waals surface area contributed by atoms with Gasteiger partial charge in [0.05, 0.1) is 29.7 Å². The van der Waals surface area contributed by atoms with Crippen molar-refractivity contribution in [2.24, 2.45) is 0 Å². The van der Waals surface area contributed by atoms with Gasteiger partial charge < -0.3 is 24.4 Å². The number of halogens is 6. The molecule has 0 spiro atoms. The van der Waals surface area contributed by atoms with Crippen LogP contribution in [0.25, 0.3) is 0 Å². The number of carboxylic acid groups (broad SMARTS) is 1. The summed E-state index contributed by atoms with van der Waals surface area (Å²) in [6.07, 6.45) is -5.52. The molecular formula is C37H36F6N4O6S. The van der Waals surface area contributed by atoms with Crippen molar-refractivity contribution in [2.45, 2.75) is 74.9 Å². The monoisotopic (exact) mass is 778 g/mol. The molecule has 2 saturated heterocycles. The lowest BCUT2D eigenvalue weighted by Crippen LogP contribution is -2.68. The fraction of sp³-hybridized carbons (Fsp3) is 0.432. The molecule has 2 fully saturated rings. The Labute approximate surface area is 310 Å². The number of carbonyl (C=O) groups excluding carboxylic acids is 2. The SMILES string of the molecule is C/C=C/[C@H]1N(C(=O)c2ncccc2C(F)(F)F)CCC[C@@]1(Oc1csc(C(F)(F)F)c1)C(=O)N1CCC(C#N)(c2ccccc2OCCCC(=O)O)CC1. The van der Waals surface area contributed by atoms with Gasteiger partial charge in [0.25, 0.3) is 11.8 Å². The predicted molar refractivity (Wildman–Crippen MR) is 183 cm³/mol. The molecule has 4 heterocycles. The van der Waals surface area contributed by atoms with E-state index in [2.05, 4.69) is 11.1 Å². The van der Waals surface area contributed by atoms with Crippen LogP contribution in [0.3, 0.4) is 0 Å². The van der Waals surface area contributed by atoms with Gasteiger partial charge in [0, 0.05) is 55.7 Å². The molecule has 2 amide bonds. The number of thiophene rings is 1. The molecule has 2 aliphatic heterocycles. The maximum absolute atomic E-state index is 14.9. The van der Waals surface area contributed by atoms with Gasteiger partial charge in [-0.05, 0) is 50.8 Å². The number of alkyl halides is 6. The van der Waals surface area contributed by atoms with Gasteiger partial charge in [-0.25, -0.2) is 0 Å². The summed E-state index contributed by atoms with van der Waals surface area (Å²) in [6, 6.07) is 10.3. The standard InChI is InChI=1S/C37H36F6N4O6S/c1-2-8-28-35(53-24-21-29(54-22-24)37(41,42)43,13-7-17-47(28)32(50)31-26(36(38,39)40)10-5-16-45-31)33(51)46-18-14-34(23-44,15-19-46)25-9-3-4-11-27(25)52-20-6-12-30(48)49/h2-5,8-11,16,21-22,28H,6-7,12-15,17-20H2,1H3,(H,48,49)/b8-2+/t28-,35+/m1/s1. The van der Waals surface area contributed by atoms with Crippen LogP contribution in [0.4, 0.5) is 26.3 Å².